The van der Waals surface area contributed by atoms with Gasteiger partial charge in [-0.2, -0.15) is 0 Å². The van der Waals surface area contributed by atoms with E-state index in [0.717, 1.165) is 25.4 Å². The van der Waals surface area contributed by atoms with Crippen molar-refractivity contribution in [2.75, 3.05) is 43.2 Å². The van der Waals surface area contributed by atoms with E-state index in [-0.39, 0.29) is 0 Å². The molecule has 0 bridgehead atoms. The van der Waals surface area contributed by atoms with Crippen molar-refractivity contribution in [1.29, 1.82) is 0 Å². The Morgan fingerprint density at radius 3 is 2.60 bits per heavy atom. The van der Waals surface area contributed by atoms with E-state index in [1.807, 2.05) is 32.2 Å². The molecule has 0 fully saturated rings. The van der Waals surface area contributed by atoms with Gasteiger partial charge in [-0.25, -0.2) is 0 Å². The fraction of sp³-hybridized carbons (Fsp3) is 0.455. The van der Waals surface area contributed by atoms with E-state index in [9.17, 15) is 0 Å². The third-order valence-electron chi connectivity index (χ3n) is 2.29. The molecular weight excluding hydrogens is 190 g/mol. The van der Waals surface area contributed by atoms with Crippen LogP contribution in [-0.2, 0) is 4.74 Å². The van der Waals surface area contributed by atoms with Crippen LogP contribution in [0.2, 0.25) is 0 Å². The highest BCUT2D eigenvalue weighted by Gasteiger charge is 2.02. The maximum absolute atomic E-state index is 5.73. The van der Waals surface area contributed by atoms with Gasteiger partial charge in [0.2, 0.25) is 0 Å². The zero-order chi connectivity index (χ0) is 11.3. The Balaban J connectivity index is 2.57. The molecule has 4 N–H and O–H groups in total. The van der Waals surface area contributed by atoms with Crippen LogP contribution in [-0.4, -0.2) is 26.8 Å². The number of rotatable bonds is 5. The first-order valence-corrected chi connectivity index (χ1v) is 5.09. The predicted molar refractivity (Wildman–Crippen MR) is 65.0 cm³/mol. The van der Waals surface area contributed by atoms with Gasteiger partial charge < -0.3 is 21.1 Å². The second-order valence-corrected chi connectivity index (χ2v) is 3.43. The van der Waals surface area contributed by atoms with Crippen LogP contribution in [0.15, 0.2) is 18.2 Å². The number of nitrogens with zero attached hydrogens (tertiary/aromatic N) is 1. The van der Waals surface area contributed by atoms with Gasteiger partial charge in [0, 0.05) is 25.9 Å². The van der Waals surface area contributed by atoms with Crippen LogP contribution >= 0.6 is 0 Å². The molecule has 1 rings (SSSR count). The van der Waals surface area contributed by atoms with Gasteiger partial charge >= 0.3 is 0 Å². The Morgan fingerprint density at radius 1 is 1.27 bits per heavy atom. The number of ether oxygens (including phenoxy) is 1. The van der Waals surface area contributed by atoms with Crippen molar-refractivity contribution in [1.82, 2.24) is 0 Å². The molecule has 0 unspecified atom stereocenters. The third kappa shape index (κ3) is 3.32. The first-order valence-electron chi connectivity index (χ1n) is 5.09. The molecule has 1 aromatic rings. The van der Waals surface area contributed by atoms with Crippen LogP contribution in [0.25, 0.3) is 0 Å². The molecule has 0 aromatic heterocycles. The molecule has 0 aliphatic heterocycles. The normalized spacial score (nSPS) is 10.3. The lowest BCUT2D eigenvalue weighted by atomic mass is 10.2. The van der Waals surface area contributed by atoms with Gasteiger partial charge in [0.25, 0.3) is 0 Å². The zero-order valence-corrected chi connectivity index (χ0v) is 9.36. The summed E-state index contributed by atoms with van der Waals surface area (Å²) in [6.07, 6.45) is 0. The summed E-state index contributed by atoms with van der Waals surface area (Å²) in [5, 5.41) is 0. The summed E-state index contributed by atoms with van der Waals surface area (Å²) in [7, 11) is 2.00. The Kier molecular flexibility index (Phi) is 4.24. The van der Waals surface area contributed by atoms with Crippen molar-refractivity contribution >= 4 is 17.1 Å². The van der Waals surface area contributed by atoms with E-state index < -0.39 is 0 Å². The van der Waals surface area contributed by atoms with Crippen LogP contribution in [0.1, 0.15) is 6.92 Å². The summed E-state index contributed by atoms with van der Waals surface area (Å²) in [5.74, 6) is 0. The van der Waals surface area contributed by atoms with E-state index in [2.05, 4.69) is 4.90 Å². The molecule has 0 saturated heterocycles. The molecule has 0 radical (unpaired) electrons. The number of nitrogen functional groups attached to an aromatic ring is 2. The van der Waals surface area contributed by atoms with E-state index in [4.69, 9.17) is 16.2 Å². The molecule has 1 aromatic carbocycles. The van der Waals surface area contributed by atoms with Crippen molar-refractivity contribution in [3.8, 4) is 0 Å². The van der Waals surface area contributed by atoms with Crippen molar-refractivity contribution in [2.45, 2.75) is 6.92 Å². The summed E-state index contributed by atoms with van der Waals surface area (Å²) in [6.45, 7) is 4.30. The highest BCUT2D eigenvalue weighted by atomic mass is 16.5. The molecule has 84 valence electrons. The van der Waals surface area contributed by atoms with Gasteiger partial charge in [-0.15, -0.1) is 0 Å². The smallest absolute Gasteiger partial charge is 0.0641 e. The summed E-state index contributed by atoms with van der Waals surface area (Å²) in [6, 6.07) is 5.65. The second kappa shape index (κ2) is 5.46. The number of likely N-dealkylation sites (N-methyl/N-ethyl adjacent to an activating group) is 1. The van der Waals surface area contributed by atoms with Crippen molar-refractivity contribution in [3.05, 3.63) is 18.2 Å². The van der Waals surface area contributed by atoms with Crippen molar-refractivity contribution < 1.29 is 4.74 Å². The predicted octanol–water partition coefficient (Wildman–Crippen LogP) is 1.32. The molecule has 0 amide bonds. The number of anilines is 3. The second-order valence-electron chi connectivity index (χ2n) is 3.43. The highest BCUT2D eigenvalue weighted by molar-refractivity contribution is 5.69. The molecule has 0 heterocycles. The SMILES string of the molecule is CCOCCN(C)c1ccc(N)c(N)c1. The minimum absolute atomic E-state index is 0.621. The van der Waals surface area contributed by atoms with Crippen LogP contribution in [0.5, 0.6) is 0 Å². The monoisotopic (exact) mass is 209 g/mol. The fourth-order valence-electron chi connectivity index (χ4n) is 1.27. The highest BCUT2D eigenvalue weighted by Crippen LogP contribution is 2.21. The maximum Gasteiger partial charge on any atom is 0.0641 e. The van der Waals surface area contributed by atoms with Crippen molar-refractivity contribution in [2.24, 2.45) is 0 Å². The lowest BCUT2D eigenvalue weighted by molar-refractivity contribution is 0.154. The summed E-state index contributed by atoms with van der Waals surface area (Å²) in [4.78, 5) is 2.09. The number of nitrogens with two attached hydrogens (primary N) is 2. The van der Waals surface area contributed by atoms with Gasteiger partial charge in [-0.05, 0) is 25.1 Å². The quantitative estimate of drug-likeness (QED) is 0.567. The average molecular weight is 209 g/mol. The molecule has 0 atom stereocenters. The summed E-state index contributed by atoms with van der Waals surface area (Å²) < 4.78 is 5.28. The van der Waals surface area contributed by atoms with E-state index in [1.165, 1.54) is 0 Å². The largest absolute Gasteiger partial charge is 0.397 e. The Hall–Kier alpha value is -1.42. The summed E-state index contributed by atoms with van der Waals surface area (Å²) >= 11 is 0. The molecule has 0 aliphatic rings. The van der Waals surface area contributed by atoms with E-state index in [0.29, 0.717) is 11.4 Å². The molecule has 0 saturated carbocycles. The molecule has 4 heteroatoms. The first-order chi connectivity index (χ1) is 7.15. The minimum Gasteiger partial charge on any atom is -0.397 e. The average Bonchev–Trinajstić information content (AvgIpc) is 2.22. The van der Waals surface area contributed by atoms with Gasteiger partial charge in [-0.1, -0.05) is 0 Å². The van der Waals surface area contributed by atoms with Crippen LogP contribution in [0.3, 0.4) is 0 Å². The van der Waals surface area contributed by atoms with Gasteiger partial charge in [-0.3, -0.25) is 0 Å². The maximum atomic E-state index is 5.73. The van der Waals surface area contributed by atoms with E-state index in [1.54, 1.807) is 0 Å². The van der Waals surface area contributed by atoms with Crippen LogP contribution in [0.4, 0.5) is 17.1 Å². The lowest BCUT2D eigenvalue weighted by Gasteiger charge is -2.19. The number of hydrogen-bond acceptors (Lipinski definition) is 4. The molecule has 0 aliphatic carbocycles. The summed E-state index contributed by atoms with van der Waals surface area (Å²) in [5.41, 5.74) is 13.7. The van der Waals surface area contributed by atoms with Gasteiger partial charge in [0.15, 0.2) is 0 Å². The lowest BCUT2D eigenvalue weighted by Crippen LogP contribution is -2.22. The van der Waals surface area contributed by atoms with Crippen LogP contribution < -0.4 is 16.4 Å². The Labute approximate surface area is 90.8 Å². The zero-order valence-electron chi connectivity index (χ0n) is 9.36. The molecule has 15 heavy (non-hydrogen) atoms. The van der Waals surface area contributed by atoms with E-state index >= 15 is 0 Å². The Morgan fingerprint density at radius 2 is 2.00 bits per heavy atom. The number of benzene rings is 1. The molecule has 4 nitrogen and oxygen atoms in total. The van der Waals surface area contributed by atoms with Gasteiger partial charge in [0.05, 0.1) is 18.0 Å². The minimum atomic E-state index is 0.621. The van der Waals surface area contributed by atoms with Crippen LogP contribution in [0, 0.1) is 0 Å². The number of hydrogen-bond donors (Lipinski definition) is 2. The standard InChI is InChI=1S/C11H19N3O/c1-3-15-7-6-14(2)9-4-5-10(12)11(13)8-9/h4-5,8H,3,6-7,12-13H2,1-2H3. The topological polar surface area (TPSA) is 64.5 Å². The Bertz CT molecular complexity index is 315. The third-order valence-corrected chi connectivity index (χ3v) is 2.29. The first kappa shape index (κ1) is 11.7. The van der Waals surface area contributed by atoms with Crippen molar-refractivity contribution in [3.63, 3.8) is 0 Å². The molecular formula is C11H19N3O. The molecule has 0 spiro atoms. The van der Waals surface area contributed by atoms with Gasteiger partial charge in [0.1, 0.15) is 0 Å². The fourth-order valence-corrected chi connectivity index (χ4v) is 1.27.